The Hall–Kier alpha value is -1.45. The summed E-state index contributed by atoms with van der Waals surface area (Å²) in [7, 11) is 0. The van der Waals surface area contributed by atoms with Crippen LogP contribution in [0, 0.1) is 5.41 Å². The number of Topliss-reactive ketones (excluding diaryl/α,β-unsaturated/α-hetero) is 1. The van der Waals surface area contributed by atoms with Crippen LogP contribution in [0.5, 0.6) is 0 Å². The molecule has 4 heteroatoms. The summed E-state index contributed by atoms with van der Waals surface area (Å²) in [4.78, 5) is 26.7. The molecule has 0 bridgehead atoms. The molecule has 1 aliphatic rings. The van der Waals surface area contributed by atoms with Gasteiger partial charge in [-0.15, -0.1) is 0 Å². The second kappa shape index (κ2) is 4.60. The highest BCUT2D eigenvalue weighted by molar-refractivity contribution is 6.35. The lowest BCUT2D eigenvalue weighted by atomic mass is 9.82. The van der Waals surface area contributed by atoms with E-state index in [4.69, 9.17) is 0 Å². The molecule has 0 aliphatic carbocycles. The Morgan fingerprint density at radius 2 is 2.00 bits per heavy atom. The summed E-state index contributed by atoms with van der Waals surface area (Å²) in [6, 6.07) is 0. The average Bonchev–Trinajstić information content (AvgIpc) is 2.09. The van der Waals surface area contributed by atoms with E-state index >= 15 is 0 Å². The van der Waals surface area contributed by atoms with Crippen molar-refractivity contribution in [2.45, 2.75) is 34.1 Å². The number of ether oxygens (including phenoxy) is 1. The van der Waals surface area contributed by atoms with Crippen molar-refractivity contribution in [1.82, 2.24) is 0 Å². The number of hydrogen-bond acceptors (Lipinski definition) is 4. The number of nitrogens with zero attached hydrogens (tertiary/aromatic N) is 1. The molecule has 1 aliphatic heterocycles. The number of esters is 1. The third-order valence-electron chi connectivity index (χ3n) is 2.22. The molecule has 1 rings (SSSR count). The summed E-state index contributed by atoms with van der Waals surface area (Å²) in [6.07, 6.45) is 1.73. The Balaban J connectivity index is 2.53. The highest BCUT2D eigenvalue weighted by Crippen LogP contribution is 2.29. The van der Waals surface area contributed by atoms with Crippen LogP contribution in [-0.4, -0.2) is 24.1 Å². The molecule has 0 amide bonds. The van der Waals surface area contributed by atoms with Gasteiger partial charge in [0.05, 0.1) is 12.3 Å². The van der Waals surface area contributed by atoms with Crippen LogP contribution >= 0.6 is 0 Å². The third-order valence-corrected chi connectivity index (χ3v) is 2.22. The van der Waals surface area contributed by atoms with Gasteiger partial charge >= 0.3 is 5.97 Å². The maximum atomic E-state index is 11.4. The first-order chi connectivity index (χ1) is 7.36. The van der Waals surface area contributed by atoms with Crippen LogP contribution < -0.4 is 0 Å². The Morgan fingerprint density at radius 3 is 2.38 bits per heavy atom. The third kappa shape index (κ3) is 2.78. The summed E-state index contributed by atoms with van der Waals surface area (Å²) < 4.78 is 4.64. The van der Waals surface area contributed by atoms with E-state index in [9.17, 15) is 9.59 Å². The molecule has 0 atom stereocenters. The zero-order valence-corrected chi connectivity index (χ0v) is 10.2. The van der Waals surface area contributed by atoms with E-state index in [-0.39, 0.29) is 18.4 Å². The maximum absolute atomic E-state index is 11.4. The summed E-state index contributed by atoms with van der Waals surface area (Å²) in [5.74, 6) is -1.27. The summed E-state index contributed by atoms with van der Waals surface area (Å²) in [6.45, 7) is 7.97. The van der Waals surface area contributed by atoms with Crippen molar-refractivity contribution in [2.24, 2.45) is 10.4 Å². The van der Waals surface area contributed by atoms with Crippen molar-refractivity contribution in [3.63, 3.8) is 0 Å². The minimum Gasteiger partial charge on any atom is -0.460 e. The quantitative estimate of drug-likeness (QED) is 0.540. The number of allylic oxidation sites excluding steroid dienone is 1. The molecule has 16 heavy (non-hydrogen) atoms. The topological polar surface area (TPSA) is 55.7 Å². The Labute approximate surface area is 95.4 Å². The zero-order chi connectivity index (χ0) is 12.3. The van der Waals surface area contributed by atoms with Gasteiger partial charge in [0.15, 0.2) is 0 Å². The second-order valence-electron chi connectivity index (χ2n) is 4.70. The lowest BCUT2D eigenvalue weighted by molar-refractivity contribution is -0.153. The van der Waals surface area contributed by atoms with Gasteiger partial charge in [-0.2, -0.15) is 0 Å². The Bertz CT molecular complexity index is 372. The standard InChI is InChI=1S/C12H17NO3/c1-5-16-11(15)9(14)6-8-7-13-10(8)12(2,3)4/h7H,5-6H2,1-4H3. The molecule has 0 aromatic carbocycles. The zero-order valence-electron chi connectivity index (χ0n) is 10.2. The van der Waals surface area contributed by atoms with Crippen LogP contribution in [0.2, 0.25) is 0 Å². The van der Waals surface area contributed by atoms with Crippen molar-refractivity contribution < 1.29 is 14.3 Å². The van der Waals surface area contributed by atoms with E-state index in [2.05, 4.69) is 9.73 Å². The molecular weight excluding hydrogens is 206 g/mol. The van der Waals surface area contributed by atoms with Crippen molar-refractivity contribution in [2.75, 3.05) is 6.61 Å². The largest absolute Gasteiger partial charge is 0.460 e. The SMILES string of the molecule is CCOC(=O)C(=O)CC1=CN=C1C(C)(C)C. The molecule has 0 fully saturated rings. The average molecular weight is 223 g/mol. The molecule has 0 saturated carbocycles. The summed E-state index contributed by atoms with van der Waals surface area (Å²) >= 11 is 0. The number of aliphatic imine (C=N–C) groups is 1. The van der Waals surface area contributed by atoms with Crippen LogP contribution in [0.25, 0.3) is 0 Å². The molecule has 0 aromatic rings. The smallest absolute Gasteiger partial charge is 0.374 e. The monoisotopic (exact) mass is 223 g/mol. The van der Waals surface area contributed by atoms with Gasteiger partial charge < -0.3 is 4.74 Å². The minimum absolute atomic E-state index is 0.0843. The van der Waals surface area contributed by atoms with E-state index in [1.54, 1.807) is 13.1 Å². The van der Waals surface area contributed by atoms with Crippen molar-refractivity contribution in [3.05, 3.63) is 11.8 Å². The molecule has 88 valence electrons. The van der Waals surface area contributed by atoms with Gasteiger partial charge in [-0.1, -0.05) is 20.8 Å². The predicted octanol–water partition coefficient (Wildman–Crippen LogP) is 1.89. The van der Waals surface area contributed by atoms with Crippen LogP contribution in [0.4, 0.5) is 0 Å². The Kier molecular flexibility index (Phi) is 3.62. The van der Waals surface area contributed by atoms with E-state index < -0.39 is 11.8 Å². The lowest BCUT2D eigenvalue weighted by Gasteiger charge is -2.27. The molecule has 0 saturated heterocycles. The molecule has 0 unspecified atom stereocenters. The van der Waals surface area contributed by atoms with Crippen LogP contribution in [0.3, 0.4) is 0 Å². The number of rotatable bonds is 4. The number of carbonyl (C=O) groups is 2. The molecule has 4 nitrogen and oxygen atoms in total. The van der Waals surface area contributed by atoms with Crippen molar-refractivity contribution in [1.29, 1.82) is 0 Å². The van der Waals surface area contributed by atoms with Crippen molar-refractivity contribution >= 4 is 17.5 Å². The lowest BCUT2D eigenvalue weighted by Crippen LogP contribution is -2.29. The van der Waals surface area contributed by atoms with Gasteiger partial charge in [0.1, 0.15) is 0 Å². The summed E-state index contributed by atoms with van der Waals surface area (Å²) in [5, 5.41) is 0. The van der Waals surface area contributed by atoms with Crippen LogP contribution in [0.15, 0.2) is 16.8 Å². The van der Waals surface area contributed by atoms with E-state index in [0.717, 1.165) is 11.3 Å². The molecule has 0 radical (unpaired) electrons. The highest BCUT2D eigenvalue weighted by Gasteiger charge is 2.29. The van der Waals surface area contributed by atoms with Gasteiger partial charge in [0.2, 0.25) is 5.78 Å². The fourth-order valence-corrected chi connectivity index (χ4v) is 1.48. The molecule has 1 heterocycles. The van der Waals surface area contributed by atoms with Gasteiger partial charge in [0.25, 0.3) is 0 Å². The van der Waals surface area contributed by atoms with E-state index in [1.165, 1.54) is 0 Å². The molecule has 0 N–H and O–H groups in total. The molecular formula is C12H17NO3. The van der Waals surface area contributed by atoms with Gasteiger partial charge in [-0.3, -0.25) is 9.79 Å². The fraction of sp³-hybridized carbons (Fsp3) is 0.583. The van der Waals surface area contributed by atoms with Crippen molar-refractivity contribution in [3.8, 4) is 0 Å². The molecule has 0 spiro atoms. The first kappa shape index (κ1) is 12.6. The van der Waals surface area contributed by atoms with E-state index in [1.807, 2.05) is 20.8 Å². The van der Waals surface area contributed by atoms with Gasteiger partial charge in [0, 0.05) is 23.6 Å². The normalized spacial score (nSPS) is 14.8. The summed E-state index contributed by atoms with van der Waals surface area (Å²) in [5.41, 5.74) is 1.65. The number of hydrogen-bond donors (Lipinski definition) is 0. The Morgan fingerprint density at radius 1 is 1.38 bits per heavy atom. The van der Waals surface area contributed by atoms with Crippen LogP contribution in [0.1, 0.15) is 34.1 Å². The number of ketones is 1. The predicted molar refractivity (Wildman–Crippen MR) is 61.2 cm³/mol. The van der Waals surface area contributed by atoms with Crippen LogP contribution in [-0.2, 0) is 14.3 Å². The fourth-order valence-electron chi connectivity index (χ4n) is 1.48. The van der Waals surface area contributed by atoms with Gasteiger partial charge in [-0.25, -0.2) is 4.79 Å². The maximum Gasteiger partial charge on any atom is 0.374 e. The second-order valence-corrected chi connectivity index (χ2v) is 4.70. The van der Waals surface area contributed by atoms with Gasteiger partial charge in [-0.05, 0) is 6.92 Å². The minimum atomic E-state index is -0.761. The highest BCUT2D eigenvalue weighted by atomic mass is 16.5. The number of carbonyl (C=O) groups excluding carboxylic acids is 2. The first-order valence-electron chi connectivity index (χ1n) is 5.34. The molecule has 0 aromatic heterocycles. The van der Waals surface area contributed by atoms with E-state index in [0.29, 0.717) is 0 Å². The first-order valence-corrected chi connectivity index (χ1v) is 5.34.